The third kappa shape index (κ3) is 5.01. The zero-order chi connectivity index (χ0) is 12.2. The van der Waals surface area contributed by atoms with Gasteiger partial charge in [0.25, 0.3) is 6.69 Å². The molecule has 1 rings (SSSR count). The second-order valence-corrected chi connectivity index (χ2v) is 11.9. The van der Waals surface area contributed by atoms with Gasteiger partial charge in [0.1, 0.15) is 6.10 Å². The van der Waals surface area contributed by atoms with Gasteiger partial charge in [-0.25, -0.2) is 0 Å². The van der Waals surface area contributed by atoms with Crippen molar-refractivity contribution in [3.63, 3.8) is 0 Å². The molecule has 2 nitrogen and oxygen atoms in total. The lowest BCUT2D eigenvalue weighted by atomic mass is 10.1. The molecule has 0 fully saturated rings. The maximum atomic E-state index is 11.0. The van der Waals surface area contributed by atoms with E-state index in [9.17, 15) is 4.79 Å². The quantitative estimate of drug-likeness (QED) is 0.475. The van der Waals surface area contributed by atoms with Crippen LogP contribution in [0.15, 0.2) is 30.3 Å². The van der Waals surface area contributed by atoms with Crippen molar-refractivity contribution in [2.75, 3.05) is 0 Å². The van der Waals surface area contributed by atoms with Crippen LogP contribution in [0, 0.1) is 0 Å². The molecule has 16 heavy (non-hydrogen) atoms. The van der Waals surface area contributed by atoms with Gasteiger partial charge < -0.3 is 4.74 Å². The number of hydrogen-bond acceptors (Lipinski definition) is 2. The third-order valence-electron chi connectivity index (χ3n) is 2.02. The van der Waals surface area contributed by atoms with Crippen molar-refractivity contribution in [1.29, 1.82) is 0 Å². The average Bonchev–Trinajstić information content (AvgIpc) is 2.15. The minimum Gasteiger partial charge on any atom is -0.458 e. The molecule has 88 valence electrons. The number of esters is 1. The second kappa shape index (κ2) is 5.71. The van der Waals surface area contributed by atoms with Gasteiger partial charge in [0.05, 0.1) is 0 Å². The van der Waals surface area contributed by atoms with Crippen LogP contribution in [-0.4, -0.2) is 12.7 Å². The van der Waals surface area contributed by atoms with Crippen molar-refractivity contribution in [2.24, 2.45) is 0 Å². The lowest BCUT2D eigenvalue weighted by Gasteiger charge is -2.21. The molecule has 0 saturated carbocycles. The Kier molecular flexibility index (Phi) is 4.83. The Morgan fingerprint density at radius 3 is 2.38 bits per heavy atom. The molecule has 0 aliphatic heterocycles. The summed E-state index contributed by atoms with van der Waals surface area (Å²) in [6, 6.07) is 10.0. The van der Waals surface area contributed by atoms with Gasteiger partial charge in [-0.05, 0) is 12.1 Å². The van der Waals surface area contributed by atoms with Crippen molar-refractivity contribution in [1.82, 2.24) is 0 Å². The van der Waals surface area contributed by atoms with E-state index in [4.69, 9.17) is 26.9 Å². The topological polar surface area (TPSA) is 26.3 Å². The number of halogens is 2. The van der Waals surface area contributed by atoms with E-state index in [1.807, 2.05) is 36.9 Å². The van der Waals surface area contributed by atoms with Crippen molar-refractivity contribution in [2.45, 2.75) is 25.6 Å². The third-order valence-corrected chi connectivity index (χ3v) is 4.04. The van der Waals surface area contributed by atoms with Crippen LogP contribution in [0.3, 0.4) is 0 Å². The molecular weight excluding hydrogens is 263 g/mol. The van der Waals surface area contributed by atoms with E-state index in [1.165, 1.54) is 6.92 Å². The molecule has 0 aliphatic carbocycles. The first-order valence-corrected chi connectivity index (χ1v) is 9.71. The van der Waals surface area contributed by atoms with Gasteiger partial charge in [-0.2, -0.15) is 0 Å². The Balaban J connectivity index is 2.84. The first-order chi connectivity index (χ1) is 7.38. The van der Waals surface area contributed by atoms with Crippen molar-refractivity contribution >= 4 is 34.8 Å². The highest BCUT2D eigenvalue weighted by Crippen LogP contribution is 2.32. The summed E-state index contributed by atoms with van der Waals surface area (Å²) in [6.07, 6.45) is -0.342. The minimum atomic E-state index is -2.30. The zero-order valence-electron chi connectivity index (χ0n) is 9.24. The number of hydrogen-bond donors (Lipinski definition) is 0. The molecular formula is C11H14Cl2O2Si. The van der Waals surface area contributed by atoms with Crippen molar-refractivity contribution in [3.8, 4) is 0 Å². The summed E-state index contributed by atoms with van der Waals surface area (Å²) >= 11 is 12.1. The lowest BCUT2D eigenvalue weighted by molar-refractivity contribution is -0.145. The summed E-state index contributed by atoms with van der Waals surface area (Å²) in [5, 5.41) is 0. The van der Waals surface area contributed by atoms with Gasteiger partial charge in [-0.1, -0.05) is 30.3 Å². The predicted octanol–water partition coefficient (Wildman–Crippen LogP) is 3.84. The van der Waals surface area contributed by atoms with Crippen molar-refractivity contribution in [3.05, 3.63) is 35.9 Å². The van der Waals surface area contributed by atoms with Crippen molar-refractivity contribution < 1.29 is 9.53 Å². The molecule has 0 amide bonds. The van der Waals surface area contributed by atoms with E-state index >= 15 is 0 Å². The fourth-order valence-corrected chi connectivity index (χ4v) is 3.23. The lowest BCUT2D eigenvalue weighted by Crippen LogP contribution is -2.20. The van der Waals surface area contributed by atoms with E-state index in [0.717, 1.165) is 5.56 Å². The smallest absolute Gasteiger partial charge is 0.303 e. The van der Waals surface area contributed by atoms with Gasteiger partial charge in [0.2, 0.25) is 0 Å². The predicted molar refractivity (Wildman–Crippen MR) is 69.1 cm³/mol. The van der Waals surface area contributed by atoms with E-state index in [1.54, 1.807) is 0 Å². The minimum absolute atomic E-state index is 0.319. The molecule has 1 unspecified atom stereocenters. The van der Waals surface area contributed by atoms with Crippen LogP contribution in [-0.2, 0) is 9.53 Å². The SMILES string of the molecule is CC(=O)OC(C[Si](C)(Cl)Cl)c1ccccc1. The standard InChI is InChI=1S/C11H14Cl2O2Si/c1-9(14)15-11(8-16(2,12)13)10-6-4-3-5-7-10/h3-7,11H,8H2,1-2H3. The summed E-state index contributed by atoms with van der Waals surface area (Å²) < 4.78 is 5.24. The molecule has 5 heteroatoms. The van der Waals surface area contributed by atoms with Crippen LogP contribution in [0.2, 0.25) is 12.6 Å². The summed E-state index contributed by atoms with van der Waals surface area (Å²) in [4.78, 5) is 11.0. The number of benzene rings is 1. The van der Waals surface area contributed by atoms with Gasteiger partial charge >= 0.3 is 5.97 Å². The summed E-state index contributed by atoms with van der Waals surface area (Å²) in [5.41, 5.74) is 0.928. The van der Waals surface area contributed by atoms with Crippen LogP contribution in [0.5, 0.6) is 0 Å². The molecule has 0 aliphatic rings. The van der Waals surface area contributed by atoms with E-state index in [-0.39, 0.29) is 12.1 Å². The van der Waals surface area contributed by atoms with Gasteiger partial charge in [-0.15, -0.1) is 22.2 Å². The Morgan fingerprint density at radius 2 is 1.94 bits per heavy atom. The maximum absolute atomic E-state index is 11.0. The molecule has 0 radical (unpaired) electrons. The Morgan fingerprint density at radius 1 is 1.38 bits per heavy atom. The molecule has 0 aromatic heterocycles. The zero-order valence-corrected chi connectivity index (χ0v) is 11.8. The summed E-state index contributed by atoms with van der Waals surface area (Å²) in [7, 11) is 0. The monoisotopic (exact) mass is 276 g/mol. The number of rotatable bonds is 4. The van der Waals surface area contributed by atoms with Crippen LogP contribution < -0.4 is 0 Å². The normalized spacial score (nSPS) is 13.2. The van der Waals surface area contributed by atoms with Crippen LogP contribution in [0.4, 0.5) is 0 Å². The summed E-state index contributed by atoms with van der Waals surface area (Å²) in [5.74, 6) is -0.319. The Hall–Kier alpha value is -0.513. The fraction of sp³-hybridized carbons (Fsp3) is 0.364. The molecule has 1 aromatic carbocycles. The molecule has 0 bridgehead atoms. The van der Waals surface area contributed by atoms with Crippen LogP contribution >= 0.6 is 22.2 Å². The molecule has 0 N–H and O–H groups in total. The van der Waals surface area contributed by atoms with Gasteiger partial charge in [-0.3, -0.25) is 4.79 Å². The number of carbonyl (C=O) groups is 1. The molecule has 0 spiro atoms. The number of carbonyl (C=O) groups excluding carboxylic acids is 1. The highest BCUT2D eigenvalue weighted by atomic mass is 35.7. The molecule has 1 aromatic rings. The molecule has 0 heterocycles. The largest absolute Gasteiger partial charge is 0.458 e. The maximum Gasteiger partial charge on any atom is 0.303 e. The van der Waals surface area contributed by atoms with Gasteiger partial charge in [0.15, 0.2) is 0 Å². The fourth-order valence-electron chi connectivity index (χ4n) is 1.42. The number of ether oxygens (including phenoxy) is 1. The van der Waals surface area contributed by atoms with Crippen LogP contribution in [0.1, 0.15) is 18.6 Å². The first-order valence-electron chi connectivity index (χ1n) is 4.98. The van der Waals surface area contributed by atoms with Crippen LogP contribution in [0.25, 0.3) is 0 Å². The van der Waals surface area contributed by atoms with E-state index in [2.05, 4.69) is 0 Å². The Bertz CT molecular complexity index is 349. The highest BCUT2D eigenvalue weighted by Gasteiger charge is 2.29. The molecule has 0 saturated heterocycles. The highest BCUT2D eigenvalue weighted by molar-refractivity contribution is 7.44. The average molecular weight is 277 g/mol. The first kappa shape index (κ1) is 13.6. The van der Waals surface area contributed by atoms with E-state index < -0.39 is 6.69 Å². The Labute approximate surface area is 106 Å². The summed E-state index contributed by atoms with van der Waals surface area (Å²) in [6.45, 7) is 0.899. The van der Waals surface area contributed by atoms with E-state index in [0.29, 0.717) is 6.04 Å². The van der Waals surface area contributed by atoms with Gasteiger partial charge in [0, 0.05) is 13.0 Å². The molecule has 1 atom stereocenters. The second-order valence-electron chi connectivity index (χ2n) is 3.78.